The van der Waals surface area contributed by atoms with Crippen LogP contribution >= 0.6 is 27.5 Å². The lowest BCUT2D eigenvalue weighted by molar-refractivity contribution is 0.955. The summed E-state index contributed by atoms with van der Waals surface area (Å²) >= 11 is 9.56. The van der Waals surface area contributed by atoms with Crippen LogP contribution in [-0.2, 0) is 13.0 Å². The first-order valence-electron chi connectivity index (χ1n) is 6.65. The Labute approximate surface area is 132 Å². The Hall–Kier alpha value is -1.19. The molecule has 0 aliphatic carbocycles. The van der Waals surface area contributed by atoms with Gasteiger partial charge in [-0.05, 0) is 57.7 Å². The molecule has 2 nitrogen and oxygen atoms in total. The van der Waals surface area contributed by atoms with E-state index in [1.54, 1.807) is 0 Å². The van der Waals surface area contributed by atoms with Crippen molar-refractivity contribution in [2.45, 2.75) is 13.0 Å². The molecule has 0 amide bonds. The van der Waals surface area contributed by atoms with E-state index >= 15 is 0 Å². The molecule has 0 saturated carbocycles. The highest BCUT2D eigenvalue weighted by Crippen LogP contribution is 2.29. The monoisotopic (exact) mass is 350 g/mol. The molecule has 0 spiro atoms. The fourth-order valence-corrected chi connectivity index (χ4v) is 3.12. The molecule has 0 fully saturated rings. The van der Waals surface area contributed by atoms with Gasteiger partial charge in [0, 0.05) is 35.3 Å². The van der Waals surface area contributed by atoms with Crippen molar-refractivity contribution in [3.8, 4) is 0 Å². The van der Waals surface area contributed by atoms with Gasteiger partial charge in [-0.3, -0.25) is 0 Å². The van der Waals surface area contributed by atoms with Crippen LogP contribution in [0.25, 0.3) is 0 Å². The number of hydrogen-bond donors (Lipinski definition) is 1. The van der Waals surface area contributed by atoms with E-state index in [1.807, 2.05) is 18.2 Å². The minimum Gasteiger partial charge on any atom is -0.380 e. The van der Waals surface area contributed by atoms with Gasteiger partial charge in [-0.2, -0.15) is 0 Å². The van der Waals surface area contributed by atoms with Crippen molar-refractivity contribution in [3.05, 3.63) is 57.0 Å². The number of anilines is 2. The number of benzene rings is 2. The number of halogens is 2. The first kappa shape index (κ1) is 13.8. The Bertz CT molecular complexity index is 642. The smallest absolute Gasteiger partial charge is 0.0502 e. The number of fused-ring (bicyclic) bond motifs is 1. The lowest BCUT2D eigenvalue weighted by atomic mass is 10.1. The highest BCUT2D eigenvalue weighted by atomic mass is 79.9. The van der Waals surface area contributed by atoms with E-state index in [0.29, 0.717) is 0 Å². The molecular weight excluding hydrogens is 336 g/mol. The van der Waals surface area contributed by atoms with Crippen molar-refractivity contribution >= 4 is 38.9 Å². The van der Waals surface area contributed by atoms with Crippen LogP contribution in [0.5, 0.6) is 0 Å². The summed E-state index contributed by atoms with van der Waals surface area (Å²) in [6.45, 7) is 1.92. The molecule has 0 aromatic heterocycles. The zero-order valence-corrected chi connectivity index (χ0v) is 13.6. The summed E-state index contributed by atoms with van der Waals surface area (Å²) < 4.78 is 1.03. The van der Waals surface area contributed by atoms with Gasteiger partial charge in [-0.25, -0.2) is 0 Å². The number of hydrogen-bond acceptors (Lipinski definition) is 2. The van der Waals surface area contributed by atoms with Crippen LogP contribution < -0.4 is 10.2 Å². The van der Waals surface area contributed by atoms with E-state index in [0.717, 1.165) is 34.7 Å². The molecule has 2 aromatic carbocycles. The summed E-state index contributed by atoms with van der Waals surface area (Å²) in [5.41, 5.74) is 5.12. The van der Waals surface area contributed by atoms with Gasteiger partial charge in [0.15, 0.2) is 0 Å². The molecule has 20 heavy (non-hydrogen) atoms. The third-order valence-corrected chi connectivity index (χ3v) is 4.61. The van der Waals surface area contributed by atoms with Gasteiger partial charge in [0.05, 0.1) is 5.69 Å². The van der Waals surface area contributed by atoms with Gasteiger partial charge in [0.1, 0.15) is 0 Å². The zero-order valence-electron chi connectivity index (χ0n) is 11.3. The molecule has 2 aromatic rings. The first-order valence-corrected chi connectivity index (χ1v) is 7.82. The maximum atomic E-state index is 6.02. The van der Waals surface area contributed by atoms with Crippen LogP contribution in [-0.4, -0.2) is 13.6 Å². The van der Waals surface area contributed by atoms with Crippen LogP contribution in [0.3, 0.4) is 0 Å². The summed E-state index contributed by atoms with van der Waals surface area (Å²) in [4.78, 5) is 2.31. The fraction of sp³-hybridized carbons (Fsp3) is 0.250. The molecule has 0 bridgehead atoms. The first-order chi connectivity index (χ1) is 9.63. The Morgan fingerprint density at radius 1 is 1.25 bits per heavy atom. The number of nitrogens with zero attached hydrogens (tertiary/aromatic N) is 1. The molecule has 104 valence electrons. The van der Waals surface area contributed by atoms with Crippen molar-refractivity contribution in [2.24, 2.45) is 0 Å². The fourth-order valence-electron chi connectivity index (χ4n) is 2.56. The Kier molecular flexibility index (Phi) is 3.90. The number of likely N-dealkylation sites (N-methyl/N-ethyl adjacent to an activating group) is 1. The summed E-state index contributed by atoms with van der Waals surface area (Å²) in [6.07, 6.45) is 1.14. The summed E-state index contributed by atoms with van der Waals surface area (Å²) in [5, 5.41) is 4.17. The largest absolute Gasteiger partial charge is 0.380 e. The molecule has 0 atom stereocenters. The molecule has 3 rings (SSSR count). The second kappa shape index (κ2) is 5.66. The van der Waals surface area contributed by atoms with Crippen molar-refractivity contribution in [2.75, 3.05) is 23.8 Å². The lowest BCUT2D eigenvalue weighted by Crippen LogP contribution is -2.12. The predicted molar refractivity (Wildman–Crippen MR) is 89.9 cm³/mol. The van der Waals surface area contributed by atoms with Crippen molar-refractivity contribution < 1.29 is 0 Å². The van der Waals surface area contributed by atoms with Gasteiger partial charge in [-0.15, -0.1) is 0 Å². The third-order valence-electron chi connectivity index (χ3n) is 3.68. The predicted octanol–water partition coefficient (Wildman–Crippen LogP) is 4.71. The van der Waals surface area contributed by atoms with Crippen LogP contribution in [0, 0.1) is 0 Å². The topological polar surface area (TPSA) is 15.3 Å². The summed E-state index contributed by atoms with van der Waals surface area (Å²) in [7, 11) is 2.15. The van der Waals surface area contributed by atoms with Gasteiger partial charge in [-0.1, -0.05) is 23.7 Å². The lowest BCUT2D eigenvalue weighted by Gasteiger charge is -2.13. The second-order valence-corrected chi connectivity index (χ2v) is 6.40. The molecular formula is C16H16BrClN2. The van der Waals surface area contributed by atoms with E-state index in [1.165, 1.54) is 16.8 Å². The van der Waals surface area contributed by atoms with Crippen LogP contribution in [0.15, 0.2) is 40.9 Å². The Balaban J connectivity index is 1.74. The Morgan fingerprint density at radius 3 is 2.95 bits per heavy atom. The quantitative estimate of drug-likeness (QED) is 0.861. The molecule has 0 unspecified atom stereocenters. The van der Waals surface area contributed by atoms with Gasteiger partial charge in [0.2, 0.25) is 0 Å². The average Bonchev–Trinajstić information content (AvgIpc) is 2.81. The molecule has 1 aliphatic heterocycles. The molecule has 1 aliphatic rings. The molecule has 4 heteroatoms. The minimum absolute atomic E-state index is 0.742. The molecule has 1 N–H and O–H groups in total. The second-order valence-electron chi connectivity index (χ2n) is 5.11. The van der Waals surface area contributed by atoms with E-state index in [4.69, 9.17) is 11.6 Å². The van der Waals surface area contributed by atoms with Gasteiger partial charge < -0.3 is 10.2 Å². The zero-order chi connectivity index (χ0) is 14.1. The average molecular weight is 352 g/mol. The Morgan fingerprint density at radius 2 is 2.10 bits per heavy atom. The van der Waals surface area contributed by atoms with Crippen LogP contribution in [0.4, 0.5) is 11.4 Å². The molecule has 0 saturated heterocycles. The SMILES string of the molecule is CN1CCc2cc(CNc3cc(Cl)ccc3Br)ccc21. The van der Waals surface area contributed by atoms with Crippen molar-refractivity contribution in [3.63, 3.8) is 0 Å². The molecule has 1 heterocycles. The maximum absolute atomic E-state index is 6.02. The van der Waals surface area contributed by atoms with Gasteiger partial charge >= 0.3 is 0 Å². The molecule has 0 radical (unpaired) electrons. The van der Waals surface area contributed by atoms with Crippen LogP contribution in [0.2, 0.25) is 5.02 Å². The van der Waals surface area contributed by atoms with E-state index in [2.05, 4.69) is 51.4 Å². The van der Waals surface area contributed by atoms with E-state index < -0.39 is 0 Å². The standard InChI is InChI=1S/C16H16BrClN2/c1-20-7-6-12-8-11(2-5-16(12)20)10-19-15-9-13(18)3-4-14(15)17/h2-5,8-9,19H,6-7,10H2,1H3. The van der Waals surface area contributed by atoms with E-state index in [9.17, 15) is 0 Å². The number of rotatable bonds is 3. The van der Waals surface area contributed by atoms with Gasteiger partial charge in [0.25, 0.3) is 0 Å². The van der Waals surface area contributed by atoms with E-state index in [-0.39, 0.29) is 0 Å². The number of nitrogens with one attached hydrogen (secondary N) is 1. The van der Waals surface area contributed by atoms with Crippen LogP contribution in [0.1, 0.15) is 11.1 Å². The highest BCUT2D eigenvalue weighted by molar-refractivity contribution is 9.10. The maximum Gasteiger partial charge on any atom is 0.0502 e. The van der Waals surface area contributed by atoms with Crippen molar-refractivity contribution in [1.29, 1.82) is 0 Å². The summed E-state index contributed by atoms with van der Waals surface area (Å²) in [5.74, 6) is 0. The highest BCUT2D eigenvalue weighted by Gasteiger charge is 2.15. The summed E-state index contributed by atoms with van der Waals surface area (Å²) in [6, 6.07) is 12.5. The minimum atomic E-state index is 0.742. The normalized spacial score (nSPS) is 13.4. The van der Waals surface area contributed by atoms with Crippen molar-refractivity contribution in [1.82, 2.24) is 0 Å². The third kappa shape index (κ3) is 2.79.